The van der Waals surface area contributed by atoms with Crippen LogP contribution < -0.4 is 0 Å². The Morgan fingerprint density at radius 2 is 1.61 bits per heavy atom. The molecule has 0 aliphatic heterocycles. The Morgan fingerprint density at radius 3 is 2.56 bits per heavy atom. The molecule has 0 bridgehead atoms. The van der Waals surface area contributed by atoms with Gasteiger partial charge in [0.25, 0.3) is 0 Å². The fraction of sp³-hybridized carbons (Fsp3) is 0. The highest BCUT2D eigenvalue weighted by molar-refractivity contribution is 9.10. The van der Waals surface area contributed by atoms with Gasteiger partial charge >= 0.3 is 0 Å². The van der Waals surface area contributed by atoms with Crippen LogP contribution in [0.1, 0.15) is 0 Å². The number of halogens is 1. The molecule has 1 nitrogen and oxygen atoms in total. The first kappa shape index (κ1) is 10.2. The number of para-hydroxylation sites is 1. The molecule has 0 atom stereocenters. The number of hydrogen-bond donors (Lipinski definition) is 1. The number of fused-ring (bicyclic) bond motifs is 5. The Labute approximate surface area is 113 Å². The van der Waals surface area contributed by atoms with Gasteiger partial charge in [-0.3, -0.25) is 0 Å². The summed E-state index contributed by atoms with van der Waals surface area (Å²) in [5, 5.41) is 5.10. The van der Waals surface area contributed by atoms with E-state index in [1.807, 2.05) is 0 Å². The lowest BCUT2D eigenvalue weighted by molar-refractivity contribution is 1.56. The van der Waals surface area contributed by atoms with Crippen LogP contribution >= 0.6 is 15.9 Å². The lowest BCUT2D eigenvalue weighted by Gasteiger charge is -2.00. The van der Waals surface area contributed by atoms with Crippen LogP contribution in [0.3, 0.4) is 0 Å². The Morgan fingerprint density at radius 1 is 0.778 bits per heavy atom. The normalized spacial score (nSPS) is 11.6. The third kappa shape index (κ3) is 1.33. The van der Waals surface area contributed by atoms with Gasteiger partial charge in [-0.2, -0.15) is 0 Å². The summed E-state index contributed by atoms with van der Waals surface area (Å²) in [6.45, 7) is 0. The maximum Gasteiger partial charge on any atom is 0.0544 e. The molecule has 18 heavy (non-hydrogen) atoms. The van der Waals surface area contributed by atoms with Gasteiger partial charge in [-0.1, -0.05) is 52.3 Å². The Hall–Kier alpha value is -1.80. The molecule has 0 saturated carbocycles. The van der Waals surface area contributed by atoms with E-state index >= 15 is 0 Å². The summed E-state index contributed by atoms with van der Waals surface area (Å²) in [7, 11) is 0. The van der Waals surface area contributed by atoms with Crippen molar-refractivity contribution in [3.63, 3.8) is 0 Å². The molecule has 0 unspecified atom stereocenters. The first-order valence-electron chi connectivity index (χ1n) is 5.92. The fourth-order valence-corrected chi connectivity index (χ4v) is 3.00. The number of hydrogen-bond acceptors (Lipinski definition) is 0. The molecular formula is C16H10BrN. The van der Waals surface area contributed by atoms with Crippen LogP contribution in [0.25, 0.3) is 32.6 Å². The van der Waals surface area contributed by atoms with Crippen molar-refractivity contribution in [2.75, 3.05) is 0 Å². The molecule has 0 amide bonds. The van der Waals surface area contributed by atoms with Crippen LogP contribution in [0.15, 0.2) is 59.1 Å². The second-order valence-corrected chi connectivity index (χ2v) is 5.44. The summed E-state index contributed by atoms with van der Waals surface area (Å²) in [5.74, 6) is 0. The molecule has 86 valence electrons. The van der Waals surface area contributed by atoms with Crippen LogP contribution in [-0.2, 0) is 0 Å². The van der Waals surface area contributed by atoms with Gasteiger partial charge in [-0.05, 0) is 23.6 Å². The van der Waals surface area contributed by atoms with Gasteiger partial charge in [0, 0.05) is 26.1 Å². The van der Waals surface area contributed by atoms with Crippen LogP contribution in [-0.4, -0.2) is 4.98 Å². The number of H-pyrrole nitrogens is 1. The van der Waals surface area contributed by atoms with Crippen molar-refractivity contribution in [2.45, 2.75) is 0 Å². The molecule has 0 aliphatic rings. The number of benzene rings is 3. The highest BCUT2D eigenvalue weighted by Crippen LogP contribution is 2.32. The Kier molecular flexibility index (Phi) is 2.03. The van der Waals surface area contributed by atoms with E-state index in [-0.39, 0.29) is 0 Å². The lowest BCUT2D eigenvalue weighted by Crippen LogP contribution is -1.75. The quantitative estimate of drug-likeness (QED) is 0.457. The third-order valence-electron chi connectivity index (χ3n) is 3.46. The Balaban J connectivity index is 2.28. The molecule has 2 heteroatoms. The Bertz CT molecular complexity index is 889. The maximum atomic E-state index is 3.53. The van der Waals surface area contributed by atoms with Gasteiger partial charge in [0.2, 0.25) is 0 Å². The van der Waals surface area contributed by atoms with E-state index in [0.717, 1.165) is 4.47 Å². The first-order chi connectivity index (χ1) is 8.83. The molecule has 1 N–H and O–H groups in total. The van der Waals surface area contributed by atoms with Crippen LogP contribution in [0.5, 0.6) is 0 Å². The van der Waals surface area contributed by atoms with E-state index in [9.17, 15) is 0 Å². The van der Waals surface area contributed by atoms with Crippen molar-refractivity contribution >= 4 is 48.5 Å². The minimum absolute atomic E-state index is 1.12. The smallest absolute Gasteiger partial charge is 0.0544 e. The SMILES string of the molecule is Brc1ccc2c(ccc3c4ccccc4[nH]c23)c1. The number of nitrogens with one attached hydrogen (secondary N) is 1. The third-order valence-corrected chi connectivity index (χ3v) is 3.95. The predicted molar refractivity (Wildman–Crippen MR) is 81.0 cm³/mol. The number of rotatable bonds is 0. The van der Waals surface area contributed by atoms with Crippen molar-refractivity contribution in [2.24, 2.45) is 0 Å². The summed E-state index contributed by atoms with van der Waals surface area (Å²) in [6.07, 6.45) is 0. The van der Waals surface area contributed by atoms with E-state index in [0.29, 0.717) is 0 Å². The van der Waals surface area contributed by atoms with E-state index in [1.54, 1.807) is 0 Å². The largest absolute Gasteiger partial charge is 0.354 e. The summed E-state index contributed by atoms with van der Waals surface area (Å²) in [6, 6.07) is 19.2. The highest BCUT2D eigenvalue weighted by atomic mass is 79.9. The molecule has 0 saturated heterocycles. The molecular weight excluding hydrogens is 286 g/mol. The highest BCUT2D eigenvalue weighted by Gasteiger charge is 2.06. The average molecular weight is 296 g/mol. The van der Waals surface area contributed by atoms with Gasteiger partial charge in [0.15, 0.2) is 0 Å². The predicted octanol–water partition coefficient (Wildman–Crippen LogP) is 5.24. The molecule has 4 rings (SSSR count). The van der Waals surface area contributed by atoms with Gasteiger partial charge in [0.1, 0.15) is 0 Å². The first-order valence-corrected chi connectivity index (χ1v) is 6.71. The van der Waals surface area contributed by atoms with Crippen molar-refractivity contribution in [3.8, 4) is 0 Å². The van der Waals surface area contributed by atoms with Crippen molar-refractivity contribution in [3.05, 3.63) is 59.1 Å². The second kappa shape index (κ2) is 3.59. The zero-order chi connectivity index (χ0) is 12.1. The monoisotopic (exact) mass is 295 g/mol. The molecule has 0 aliphatic carbocycles. The van der Waals surface area contributed by atoms with Crippen molar-refractivity contribution in [1.82, 2.24) is 4.98 Å². The molecule has 3 aromatic carbocycles. The van der Waals surface area contributed by atoms with E-state index < -0.39 is 0 Å². The maximum absolute atomic E-state index is 3.53. The van der Waals surface area contributed by atoms with Crippen LogP contribution in [0, 0.1) is 0 Å². The molecule has 0 fully saturated rings. The number of aromatic amines is 1. The van der Waals surface area contributed by atoms with Crippen molar-refractivity contribution in [1.29, 1.82) is 0 Å². The van der Waals surface area contributed by atoms with Gasteiger partial charge in [-0.15, -0.1) is 0 Å². The van der Waals surface area contributed by atoms with Gasteiger partial charge in [0.05, 0.1) is 5.52 Å². The van der Waals surface area contributed by atoms with E-state index in [1.165, 1.54) is 32.6 Å². The standard InChI is InChI=1S/C16H10BrN/c17-11-6-8-12-10(9-11)5-7-14-13-3-1-2-4-15(13)18-16(12)14/h1-9,18H. The lowest BCUT2D eigenvalue weighted by atomic mass is 10.1. The molecule has 1 aromatic heterocycles. The van der Waals surface area contributed by atoms with Gasteiger partial charge < -0.3 is 4.98 Å². The van der Waals surface area contributed by atoms with Crippen LogP contribution in [0.2, 0.25) is 0 Å². The number of aromatic nitrogens is 1. The summed E-state index contributed by atoms with van der Waals surface area (Å²) < 4.78 is 1.12. The molecule has 0 radical (unpaired) electrons. The van der Waals surface area contributed by atoms with Crippen LogP contribution in [0.4, 0.5) is 0 Å². The summed E-state index contributed by atoms with van der Waals surface area (Å²) in [5.41, 5.74) is 2.42. The summed E-state index contributed by atoms with van der Waals surface area (Å²) >= 11 is 3.52. The zero-order valence-corrected chi connectivity index (χ0v) is 11.2. The second-order valence-electron chi connectivity index (χ2n) is 4.52. The fourth-order valence-electron chi connectivity index (χ4n) is 2.62. The zero-order valence-electron chi connectivity index (χ0n) is 9.57. The average Bonchev–Trinajstić information content (AvgIpc) is 2.77. The van der Waals surface area contributed by atoms with Crippen molar-refractivity contribution < 1.29 is 0 Å². The topological polar surface area (TPSA) is 15.8 Å². The summed E-state index contributed by atoms with van der Waals surface area (Å²) in [4.78, 5) is 3.53. The van der Waals surface area contributed by atoms with Gasteiger partial charge in [-0.25, -0.2) is 0 Å². The molecule has 0 spiro atoms. The minimum atomic E-state index is 1.12. The molecule has 4 aromatic rings. The van der Waals surface area contributed by atoms with E-state index in [4.69, 9.17) is 0 Å². The molecule has 1 heterocycles. The van der Waals surface area contributed by atoms with E-state index in [2.05, 4.69) is 75.5 Å². The minimum Gasteiger partial charge on any atom is -0.354 e.